The fourth-order valence-electron chi connectivity index (χ4n) is 1.83. The lowest BCUT2D eigenvalue weighted by molar-refractivity contribution is -0.117. The van der Waals surface area contributed by atoms with Gasteiger partial charge in [-0.15, -0.1) is 0 Å². The first-order valence-corrected chi connectivity index (χ1v) is 7.08. The van der Waals surface area contributed by atoms with E-state index in [9.17, 15) is 9.59 Å². The number of benzene rings is 1. The van der Waals surface area contributed by atoms with Crippen molar-refractivity contribution in [3.8, 4) is 0 Å². The molecule has 6 heteroatoms. The summed E-state index contributed by atoms with van der Waals surface area (Å²) >= 11 is 0. The molecule has 6 nitrogen and oxygen atoms in total. The van der Waals surface area contributed by atoms with E-state index in [1.165, 1.54) is 0 Å². The quantitative estimate of drug-likeness (QED) is 0.693. The summed E-state index contributed by atoms with van der Waals surface area (Å²) in [5, 5.41) is 13.9. The van der Waals surface area contributed by atoms with Crippen LogP contribution in [-0.4, -0.2) is 35.1 Å². The molecule has 2 amide bonds. The molecule has 118 valence electrons. The zero-order chi connectivity index (χ0) is 16.5. The van der Waals surface area contributed by atoms with Crippen LogP contribution in [0.1, 0.15) is 15.9 Å². The summed E-state index contributed by atoms with van der Waals surface area (Å²) in [6, 6.07) is 12.0. The van der Waals surface area contributed by atoms with E-state index >= 15 is 0 Å². The molecule has 1 aromatic heterocycles. The van der Waals surface area contributed by atoms with Crippen LogP contribution in [0.4, 0.5) is 0 Å². The number of amides is 2. The smallest absolute Gasteiger partial charge is 0.267 e. The van der Waals surface area contributed by atoms with Crippen molar-refractivity contribution in [2.45, 2.75) is 0 Å². The zero-order valence-corrected chi connectivity index (χ0v) is 12.4. The highest BCUT2D eigenvalue weighted by Gasteiger charge is 2.14. The Balaban J connectivity index is 2.21. The lowest BCUT2D eigenvalue weighted by atomic mass is 10.2. The molecule has 0 saturated carbocycles. The van der Waals surface area contributed by atoms with E-state index in [2.05, 4.69) is 15.6 Å². The van der Waals surface area contributed by atoms with Crippen molar-refractivity contribution in [2.75, 3.05) is 13.2 Å². The molecule has 2 rings (SSSR count). The Labute approximate surface area is 133 Å². The Bertz CT molecular complexity index is 685. The van der Waals surface area contributed by atoms with Gasteiger partial charge < -0.3 is 15.7 Å². The monoisotopic (exact) mass is 311 g/mol. The van der Waals surface area contributed by atoms with E-state index in [0.717, 1.165) is 5.56 Å². The number of rotatable bonds is 6. The number of carbonyl (C=O) groups excluding carboxylic acids is 2. The first-order valence-electron chi connectivity index (χ1n) is 7.08. The van der Waals surface area contributed by atoms with Gasteiger partial charge in [0.1, 0.15) is 5.70 Å². The average molecular weight is 311 g/mol. The van der Waals surface area contributed by atoms with Gasteiger partial charge in [0.2, 0.25) is 0 Å². The Hall–Kier alpha value is -2.99. The van der Waals surface area contributed by atoms with Gasteiger partial charge in [0, 0.05) is 24.5 Å². The normalized spacial score (nSPS) is 10.9. The molecular formula is C17H17N3O3. The maximum Gasteiger partial charge on any atom is 0.267 e. The number of pyridine rings is 1. The summed E-state index contributed by atoms with van der Waals surface area (Å²) in [5.41, 5.74) is 1.27. The molecule has 0 aliphatic rings. The van der Waals surface area contributed by atoms with Crippen LogP contribution in [0.5, 0.6) is 0 Å². The molecule has 0 aliphatic heterocycles. The van der Waals surface area contributed by atoms with Gasteiger partial charge in [-0.2, -0.15) is 0 Å². The minimum atomic E-state index is -0.472. The Morgan fingerprint density at radius 2 is 1.78 bits per heavy atom. The highest BCUT2D eigenvalue weighted by atomic mass is 16.3. The molecule has 0 bridgehead atoms. The molecular weight excluding hydrogens is 294 g/mol. The van der Waals surface area contributed by atoms with Crippen molar-refractivity contribution < 1.29 is 14.7 Å². The number of aliphatic hydroxyl groups excluding tert-OH is 1. The minimum absolute atomic E-state index is 0.0958. The van der Waals surface area contributed by atoms with Gasteiger partial charge in [0.15, 0.2) is 0 Å². The first-order chi connectivity index (χ1) is 11.2. The molecule has 23 heavy (non-hydrogen) atoms. The maximum atomic E-state index is 12.2. The Morgan fingerprint density at radius 3 is 2.43 bits per heavy atom. The van der Waals surface area contributed by atoms with Crippen molar-refractivity contribution in [1.29, 1.82) is 0 Å². The molecule has 0 fully saturated rings. The molecule has 0 saturated heterocycles. The Kier molecular flexibility index (Phi) is 6.02. The number of hydrogen-bond donors (Lipinski definition) is 3. The van der Waals surface area contributed by atoms with Gasteiger partial charge >= 0.3 is 0 Å². The fourth-order valence-corrected chi connectivity index (χ4v) is 1.83. The molecule has 0 radical (unpaired) electrons. The maximum absolute atomic E-state index is 12.2. The third kappa shape index (κ3) is 5.05. The lowest BCUT2D eigenvalue weighted by Gasteiger charge is -2.10. The Morgan fingerprint density at radius 1 is 1.09 bits per heavy atom. The number of aliphatic hydroxyl groups is 1. The van der Waals surface area contributed by atoms with E-state index in [1.807, 2.05) is 0 Å². The van der Waals surface area contributed by atoms with Crippen molar-refractivity contribution in [1.82, 2.24) is 15.6 Å². The van der Waals surface area contributed by atoms with E-state index in [-0.39, 0.29) is 24.8 Å². The number of carbonyl (C=O) groups is 2. The molecule has 3 N–H and O–H groups in total. The number of aromatic nitrogens is 1. The third-order valence-electron chi connectivity index (χ3n) is 2.94. The minimum Gasteiger partial charge on any atom is -0.395 e. The largest absolute Gasteiger partial charge is 0.395 e. The molecule has 1 heterocycles. The van der Waals surface area contributed by atoms with E-state index in [4.69, 9.17) is 5.11 Å². The van der Waals surface area contributed by atoms with E-state index < -0.39 is 5.91 Å². The summed E-state index contributed by atoms with van der Waals surface area (Å²) < 4.78 is 0. The van der Waals surface area contributed by atoms with Gasteiger partial charge in [-0.05, 0) is 35.9 Å². The number of nitrogens with zero attached hydrogens (tertiary/aromatic N) is 1. The summed E-state index contributed by atoms with van der Waals surface area (Å²) in [4.78, 5) is 28.3. The van der Waals surface area contributed by atoms with Crippen LogP contribution in [0.3, 0.4) is 0 Å². The molecule has 0 aliphatic carbocycles. The van der Waals surface area contributed by atoms with Crippen LogP contribution in [0, 0.1) is 0 Å². The highest BCUT2D eigenvalue weighted by Crippen LogP contribution is 2.06. The predicted octanol–water partition coefficient (Wildman–Crippen LogP) is 0.961. The van der Waals surface area contributed by atoms with Crippen LogP contribution >= 0.6 is 0 Å². The highest BCUT2D eigenvalue weighted by molar-refractivity contribution is 6.05. The predicted molar refractivity (Wildman–Crippen MR) is 86.2 cm³/mol. The number of nitrogens with one attached hydrogen (secondary N) is 2. The molecule has 1 aromatic carbocycles. The van der Waals surface area contributed by atoms with Gasteiger partial charge in [-0.3, -0.25) is 14.6 Å². The molecule has 0 atom stereocenters. The molecule has 0 unspecified atom stereocenters. The molecule has 2 aromatic rings. The van der Waals surface area contributed by atoms with Crippen LogP contribution in [0.2, 0.25) is 0 Å². The lowest BCUT2D eigenvalue weighted by Crippen LogP contribution is -2.36. The second-order valence-corrected chi connectivity index (χ2v) is 4.64. The first kappa shape index (κ1) is 16.4. The van der Waals surface area contributed by atoms with Gasteiger partial charge in [-0.1, -0.05) is 18.2 Å². The van der Waals surface area contributed by atoms with Crippen LogP contribution in [0.15, 0.2) is 60.6 Å². The van der Waals surface area contributed by atoms with Crippen molar-refractivity contribution in [2.24, 2.45) is 0 Å². The molecule has 0 spiro atoms. The zero-order valence-electron chi connectivity index (χ0n) is 12.4. The third-order valence-corrected chi connectivity index (χ3v) is 2.94. The van der Waals surface area contributed by atoms with E-state index in [1.54, 1.807) is 60.9 Å². The number of hydrogen-bond acceptors (Lipinski definition) is 4. The summed E-state index contributed by atoms with van der Waals surface area (Å²) in [5.74, 6) is -0.856. The second kappa shape index (κ2) is 8.45. The van der Waals surface area contributed by atoms with Gasteiger partial charge in [0.05, 0.1) is 6.61 Å². The summed E-state index contributed by atoms with van der Waals surface area (Å²) in [7, 11) is 0. The standard InChI is InChI=1S/C17H17N3O3/c21-11-10-19-17(23)15(12-13-6-8-18-9-7-13)20-16(22)14-4-2-1-3-5-14/h1-9,12,21H,10-11H2,(H,19,23)(H,20,22)/b15-12-. The topological polar surface area (TPSA) is 91.3 Å². The van der Waals surface area contributed by atoms with Gasteiger partial charge in [0.25, 0.3) is 11.8 Å². The van der Waals surface area contributed by atoms with Crippen molar-refractivity contribution >= 4 is 17.9 Å². The average Bonchev–Trinajstić information content (AvgIpc) is 2.60. The SMILES string of the molecule is O=C(NCCO)/C(=C/c1ccncc1)NC(=O)c1ccccc1. The second-order valence-electron chi connectivity index (χ2n) is 4.64. The van der Waals surface area contributed by atoms with E-state index in [0.29, 0.717) is 5.56 Å². The summed E-state index contributed by atoms with van der Waals surface area (Å²) in [6.07, 6.45) is 4.73. The van der Waals surface area contributed by atoms with Crippen molar-refractivity contribution in [3.05, 3.63) is 71.7 Å². The van der Waals surface area contributed by atoms with Gasteiger partial charge in [-0.25, -0.2) is 0 Å². The van der Waals surface area contributed by atoms with Crippen molar-refractivity contribution in [3.63, 3.8) is 0 Å². The van der Waals surface area contributed by atoms with Crippen LogP contribution in [0.25, 0.3) is 6.08 Å². The van der Waals surface area contributed by atoms with Crippen LogP contribution in [-0.2, 0) is 4.79 Å². The summed E-state index contributed by atoms with van der Waals surface area (Å²) in [6.45, 7) is -0.0748. The fraction of sp³-hybridized carbons (Fsp3) is 0.118. The van der Waals surface area contributed by atoms with Crippen LogP contribution < -0.4 is 10.6 Å².